The van der Waals surface area contributed by atoms with Crippen LogP contribution < -0.4 is 0 Å². The van der Waals surface area contributed by atoms with Crippen molar-refractivity contribution in [3.05, 3.63) is 41.1 Å². The maximum absolute atomic E-state index is 12.9. The van der Waals surface area contributed by atoms with E-state index < -0.39 is 24.6 Å². The highest BCUT2D eigenvalue weighted by atomic mass is 16.6. The highest BCUT2D eigenvalue weighted by Crippen LogP contribution is 2.32. The summed E-state index contributed by atoms with van der Waals surface area (Å²) in [5.74, 6) is -0.681. The third-order valence-electron chi connectivity index (χ3n) is 5.10. The summed E-state index contributed by atoms with van der Waals surface area (Å²) >= 11 is 0. The summed E-state index contributed by atoms with van der Waals surface area (Å²) in [6.45, 7) is 2.00. The van der Waals surface area contributed by atoms with Crippen LogP contribution in [0.3, 0.4) is 0 Å². The average molecular weight is 368 g/mol. The molecule has 1 atom stereocenters. The predicted molar refractivity (Wildman–Crippen MR) is 96.3 cm³/mol. The lowest BCUT2D eigenvalue weighted by Gasteiger charge is -2.24. The van der Waals surface area contributed by atoms with E-state index in [0.717, 1.165) is 46.3 Å². The van der Waals surface area contributed by atoms with E-state index in [1.807, 2.05) is 24.3 Å². The fourth-order valence-electron chi connectivity index (χ4n) is 3.69. The van der Waals surface area contributed by atoms with Gasteiger partial charge in [-0.05, 0) is 36.8 Å². The van der Waals surface area contributed by atoms with Crippen molar-refractivity contribution in [2.75, 3.05) is 19.8 Å². The molecule has 7 heteroatoms. The van der Waals surface area contributed by atoms with Gasteiger partial charge in [0.15, 0.2) is 6.61 Å². The van der Waals surface area contributed by atoms with E-state index in [1.54, 1.807) is 0 Å². The number of esters is 1. The summed E-state index contributed by atoms with van der Waals surface area (Å²) in [6.07, 6.45) is 1.91. The number of cyclic esters (lactones) is 1. The van der Waals surface area contributed by atoms with E-state index in [9.17, 15) is 14.4 Å². The number of carbonyl (C=O) groups excluding carboxylic acids is 3. The van der Waals surface area contributed by atoms with Gasteiger partial charge in [-0.3, -0.25) is 9.78 Å². The molecule has 2 aromatic rings. The van der Waals surface area contributed by atoms with Crippen molar-refractivity contribution in [3.63, 3.8) is 0 Å². The van der Waals surface area contributed by atoms with E-state index in [1.165, 1.54) is 0 Å². The Kier molecular flexibility index (Phi) is 4.51. The molecule has 2 heterocycles. The van der Waals surface area contributed by atoms with Gasteiger partial charge in [-0.15, -0.1) is 0 Å². The number of fused-ring (bicyclic) bond motifs is 2. The Bertz CT molecular complexity index is 939. The zero-order chi connectivity index (χ0) is 19.0. The molecule has 0 radical (unpaired) electrons. The van der Waals surface area contributed by atoms with Crippen molar-refractivity contribution in [3.8, 4) is 0 Å². The van der Waals surface area contributed by atoms with E-state index in [0.29, 0.717) is 11.5 Å². The molecule has 7 nitrogen and oxygen atoms in total. The molecule has 0 spiro atoms. The summed E-state index contributed by atoms with van der Waals surface area (Å²) in [6, 6.07) is 7.45. The Hall–Kier alpha value is -2.96. The highest BCUT2D eigenvalue weighted by Gasteiger charge is 2.30. The number of nitrogens with zero attached hydrogens (tertiary/aromatic N) is 2. The van der Waals surface area contributed by atoms with Crippen LogP contribution in [-0.2, 0) is 27.1 Å². The van der Waals surface area contributed by atoms with Crippen LogP contribution in [0.15, 0.2) is 24.3 Å². The van der Waals surface area contributed by atoms with Crippen LogP contribution in [0.4, 0.5) is 4.79 Å². The normalized spacial score (nSPS) is 18.9. The van der Waals surface area contributed by atoms with Crippen LogP contribution in [0.2, 0.25) is 0 Å². The van der Waals surface area contributed by atoms with Gasteiger partial charge in [0.05, 0.1) is 17.6 Å². The smallest absolute Gasteiger partial charge is 0.416 e. The number of imide groups is 1. The number of aryl methyl sites for hydroxylation is 1. The minimum Gasteiger partial charge on any atom is -0.452 e. The van der Waals surface area contributed by atoms with Crippen molar-refractivity contribution >= 4 is 28.9 Å². The number of carbonyl (C=O) groups is 3. The number of aromatic nitrogens is 1. The molecule has 4 rings (SSSR count). The minimum absolute atomic E-state index is 0.166. The summed E-state index contributed by atoms with van der Waals surface area (Å²) < 4.78 is 10.0. The molecule has 2 aliphatic rings. The average Bonchev–Trinajstić information content (AvgIpc) is 3.10. The van der Waals surface area contributed by atoms with Gasteiger partial charge in [-0.25, -0.2) is 14.5 Å². The Morgan fingerprint density at radius 3 is 2.93 bits per heavy atom. The van der Waals surface area contributed by atoms with Crippen molar-refractivity contribution in [1.29, 1.82) is 0 Å². The lowest BCUT2D eigenvalue weighted by molar-refractivity contribution is -0.131. The predicted octanol–water partition coefficient (Wildman–Crippen LogP) is 2.50. The Morgan fingerprint density at radius 1 is 1.33 bits per heavy atom. The maximum Gasteiger partial charge on any atom is 0.416 e. The molecular weight excluding hydrogens is 348 g/mol. The number of hydrogen-bond donors (Lipinski definition) is 0. The first-order valence-corrected chi connectivity index (χ1v) is 9.09. The van der Waals surface area contributed by atoms with Gasteiger partial charge in [-0.1, -0.05) is 25.1 Å². The van der Waals surface area contributed by atoms with Crippen LogP contribution in [0.5, 0.6) is 0 Å². The molecule has 2 amide bonds. The number of benzene rings is 1. The third-order valence-corrected chi connectivity index (χ3v) is 5.10. The molecule has 140 valence electrons. The minimum atomic E-state index is -0.698. The number of hydrogen-bond acceptors (Lipinski definition) is 6. The lowest BCUT2D eigenvalue weighted by Crippen LogP contribution is -2.35. The van der Waals surface area contributed by atoms with E-state index >= 15 is 0 Å². The Morgan fingerprint density at radius 2 is 2.15 bits per heavy atom. The monoisotopic (exact) mass is 368 g/mol. The molecule has 1 aliphatic heterocycles. The molecule has 0 saturated carbocycles. The molecule has 1 aromatic heterocycles. The number of rotatable bonds is 3. The van der Waals surface area contributed by atoms with Gasteiger partial charge < -0.3 is 9.47 Å². The first-order valence-electron chi connectivity index (χ1n) is 9.09. The molecule has 1 saturated heterocycles. The standard InChI is InChI=1S/C20H20N2O5/c1-12-6-7-16-14(10-12)18(13-4-2-3-5-15(13)21-16)19(24)27-11-17(23)22-8-9-26-20(22)25/h2-5,12H,6-11H2,1H3/t12-/m0/s1. The van der Waals surface area contributed by atoms with Crippen molar-refractivity contribution < 1.29 is 23.9 Å². The van der Waals surface area contributed by atoms with E-state index in [4.69, 9.17) is 14.5 Å². The van der Waals surface area contributed by atoms with Crippen molar-refractivity contribution in [2.45, 2.75) is 26.2 Å². The quantitative estimate of drug-likeness (QED) is 0.774. The fraction of sp³-hybridized carbons (Fsp3) is 0.400. The summed E-state index contributed by atoms with van der Waals surface area (Å²) in [5, 5.41) is 0.725. The van der Waals surface area contributed by atoms with Crippen LogP contribution in [0.25, 0.3) is 10.9 Å². The van der Waals surface area contributed by atoms with Gasteiger partial charge in [0.2, 0.25) is 0 Å². The van der Waals surface area contributed by atoms with Gasteiger partial charge >= 0.3 is 12.1 Å². The third kappa shape index (κ3) is 3.25. The number of amides is 2. The maximum atomic E-state index is 12.9. The van der Waals surface area contributed by atoms with Gasteiger partial charge in [0.1, 0.15) is 6.61 Å². The van der Waals surface area contributed by atoms with Crippen LogP contribution >= 0.6 is 0 Å². The lowest BCUT2D eigenvalue weighted by atomic mass is 9.84. The van der Waals surface area contributed by atoms with Crippen LogP contribution in [0.1, 0.15) is 35.0 Å². The number of para-hydroxylation sites is 1. The zero-order valence-corrected chi connectivity index (χ0v) is 15.1. The molecule has 1 fully saturated rings. The molecule has 27 heavy (non-hydrogen) atoms. The molecule has 1 aromatic carbocycles. The first kappa shape index (κ1) is 17.5. The zero-order valence-electron chi connectivity index (χ0n) is 15.1. The largest absolute Gasteiger partial charge is 0.452 e. The summed E-state index contributed by atoms with van der Waals surface area (Å²) in [5.41, 5.74) is 3.06. The van der Waals surface area contributed by atoms with Crippen molar-refractivity contribution in [1.82, 2.24) is 9.88 Å². The number of pyridine rings is 1. The van der Waals surface area contributed by atoms with E-state index in [-0.39, 0.29) is 13.2 Å². The molecule has 0 N–H and O–H groups in total. The SMILES string of the molecule is C[C@H]1CCc2nc3ccccc3c(C(=O)OCC(=O)N3CCOC3=O)c2C1. The Balaban J connectivity index is 1.63. The fourth-order valence-corrected chi connectivity index (χ4v) is 3.69. The molecule has 1 aliphatic carbocycles. The van der Waals surface area contributed by atoms with Gasteiger partial charge in [0, 0.05) is 11.1 Å². The number of ether oxygens (including phenoxy) is 2. The highest BCUT2D eigenvalue weighted by molar-refractivity contribution is 6.06. The first-order chi connectivity index (χ1) is 13.0. The van der Waals surface area contributed by atoms with Crippen LogP contribution in [-0.4, -0.2) is 47.6 Å². The second-order valence-electron chi connectivity index (χ2n) is 7.01. The summed E-state index contributed by atoms with van der Waals surface area (Å²) in [4.78, 5) is 42.2. The molecular formula is C20H20N2O5. The van der Waals surface area contributed by atoms with Crippen molar-refractivity contribution in [2.24, 2.45) is 5.92 Å². The Labute approximate surface area is 156 Å². The van der Waals surface area contributed by atoms with Gasteiger partial charge in [-0.2, -0.15) is 0 Å². The van der Waals surface area contributed by atoms with E-state index in [2.05, 4.69) is 6.92 Å². The second kappa shape index (κ2) is 6.98. The topological polar surface area (TPSA) is 85.8 Å². The molecule has 0 unspecified atom stereocenters. The van der Waals surface area contributed by atoms with Crippen LogP contribution in [0, 0.1) is 5.92 Å². The summed E-state index contributed by atoms with van der Waals surface area (Å²) in [7, 11) is 0. The second-order valence-corrected chi connectivity index (χ2v) is 7.01. The molecule has 0 bridgehead atoms. The van der Waals surface area contributed by atoms with Gasteiger partial charge in [0.25, 0.3) is 5.91 Å².